The van der Waals surface area contributed by atoms with E-state index in [2.05, 4.69) is 52.9 Å². The van der Waals surface area contributed by atoms with E-state index in [-0.39, 0.29) is 12.2 Å². The second-order valence-electron chi connectivity index (χ2n) is 13.8. The molecular weight excluding hydrogens is 430 g/mol. The summed E-state index contributed by atoms with van der Waals surface area (Å²) in [5.74, 6) is 5.24. The van der Waals surface area contributed by atoms with Gasteiger partial charge < -0.3 is 10.1 Å². The van der Waals surface area contributed by atoms with Gasteiger partial charge in [0.05, 0.1) is 0 Å². The summed E-state index contributed by atoms with van der Waals surface area (Å²) in [4.78, 5) is 12.2. The molecule has 1 amide bonds. The monoisotopic (exact) mass is 485 g/mol. The number of allylic oxidation sites excluding steroid dienone is 1. The molecule has 1 N–H and O–H groups in total. The Kier molecular flexibility index (Phi) is 8.64. The number of hydrogen-bond acceptors (Lipinski definition) is 2. The van der Waals surface area contributed by atoms with Crippen molar-refractivity contribution in [3.05, 3.63) is 11.6 Å². The second-order valence-corrected chi connectivity index (χ2v) is 13.8. The Hall–Kier alpha value is -0.990. The lowest BCUT2D eigenvalue weighted by atomic mass is 9.47. The molecule has 0 aliphatic heterocycles. The normalized spacial score (nSPS) is 39.3. The quantitative estimate of drug-likeness (QED) is 0.261. The summed E-state index contributed by atoms with van der Waals surface area (Å²) in [6, 6.07) is 0. The van der Waals surface area contributed by atoms with Crippen molar-refractivity contribution in [3.63, 3.8) is 0 Å². The van der Waals surface area contributed by atoms with Crippen molar-refractivity contribution in [2.24, 2.45) is 46.3 Å². The Morgan fingerprint density at radius 2 is 1.86 bits per heavy atom. The van der Waals surface area contributed by atoms with Crippen LogP contribution in [0.15, 0.2) is 11.6 Å². The SMILES string of the molecule is CCCCNC(=O)O[C@H]1CC[C@@]2(C)C(=CCC3C4CCC(C(C)CCCC(C)C)[C@@]4(C)CCC32)C1. The van der Waals surface area contributed by atoms with Crippen LogP contribution in [0.3, 0.4) is 0 Å². The van der Waals surface area contributed by atoms with E-state index in [4.69, 9.17) is 4.74 Å². The minimum absolute atomic E-state index is 0.0592. The van der Waals surface area contributed by atoms with Crippen molar-refractivity contribution in [2.75, 3.05) is 6.54 Å². The molecule has 200 valence electrons. The number of hydrogen-bond donors (Lipinski definition) is 1. The predicted octanol–water partition coefficient (Wildman–Crippen LogP) is 8.92. The van der Waals surface area contributed by atoms with Crippen molar-refractivity contribution < 1.29 is 9.53 Å². The molecule has 0 bridgehead atoms. The zero-order valence-electron chi connectivity index (χ0n) is 23.8. The molecule has 3 nitrogen and oxygen atoms in total. The Balaban J connectivity index is 1.39. The number of rotatable bonds is 9. The van der Waals surface area contributed by atoms with E-state index in [0.29, 0.717) is 10.8 Å². The number of fused-ring (bicyclic) bond motifs is 5. The first-order valence-corrected chi connectivity index (χ1v) is 15.3. The molecule has 0 spiro atoms. The fourth-order valence-corrected chi connectivity index (χ4v) is 9.31. The third kappa shape index (κ3) is 5.49. The van der Waals surface area contributed by atoms with Crippen LogP contribution >= 0.6 is 0 Å². The van der Waals surface area contributed by atoms with Gasteiger partial charge in [0.2, 0.25) is 0 Å². The molecule has 4 aliphatic carbocycles. The van der Waals surface area contributed by atoms with Gasteiger partial charge in [-0.15, -0.1) is 0 Å². The molecule has 0 aromatic rings. The summed E-state index contributed by atoms with van der Waals surface area (Å²) in [6.07, 6.45) is 19.0. The van der Waals surface area contributed by atoms with Crippen molar-refractivity contribution in [1.29, 1.82) is 0 Å². The van der Waals surface area contributed by atoms with Crippen LogP contribution in [0.4, 0.5) is 4.79 Å². The number of alkyl carbamates (subject to hydrolysis) is 1. The fourth-order valence-electron chi connectivity index (χ4n) is 9.31. The number of carbonyl (C=O) groups excluding carboxylic acids is 1. The maximum Gasteiger partial charge on any atom is 0.407 e. The van der Waals surface area contributed by atoms with Gasteiger partial charge in [-0.05, 0) is 97.7 Å². The number of carbonyl (C=O) groups is 1. The summed E-state index contributed by atoms with van der Waals surface area (Å²) < 4.78 is 5.85. The van der Waals surface area contributed by atoms with Crippen LogP contribution in [0, 0.1) is 46.3 Å². The number of amides is 1. The lowest BCUT2D eigenvalue weighted by molar-refractivity contribution is -0.0581. The molecule has 8 atom stereocenters. The minimum Gasteiger partial charge on any atom is -0.446 e. The van der Waals surface area contributed by atoms with Gasteiger partial charge in [-0.2, -0.15) is 0 Å². The van der Waals surface area contributed by atoms with Crippen LogP contribution in [0.2, 0.25) is 0 Å². The van der Waals surface area contributed by atoms with Crippen LogP contribution in [0.1, 0.15) is 125 Å². The van der Waals surface area contributed by atoms with Crippen LogP contribution in [-0.2, 0) is 4.74 Å². The zero-order chi connectivity index (χ0) is 25.2. The van der Waals surface area contributed by atoms with Gasteiger partial charge >= 0.3 is 6.09 Å². The van der Waals surface area contributed by atoms with Crippen LogP contribution in [-0.4, -0.2) is 18.7 Å². The highest BCUT2D eigenvalue weighted by Gasteiger charge is 2.59. The maximum absolute atomic E-state index is 12.2. The number of ether oxygens (including phenoxy) is 1. The highest BCUT2D eigenvalue weighted by atomic mass is 16.6. The van der Waals surface area contributed by atoms with E-state index < -0.39 is 0 Å². The summed E-state index contributed by atoms with van der Waals surface area (Å²) in [5.41, 5.74) is 2.48. The van der Waals surface area contributed by atoms with Gasteiger partial charge in [0.1, 0.15) is 6.10 Å². The van der Waals surface area contributed by atoms with Crippen LogP contribution in [0.5, 0.6) is 0 Å². The number of unbranched alkanes of at least 4 members (excludes halogenated alkanes) is 1. The molecule has 0 saturated heterocycles. The topological polar surface area (TPSA) is 38.3 Å². The molecule has 4 aliphatic rings. The molecule has 3 fully saturated rings. The van der Waals surface area contributed by atoms with Crippen molar-refractivity contribution in [2.45, 2.75) is 131 Å². The largest absolute Gasteiger partial charge is 0.446 e. The molecule has 0 heterocycles. The molecule has 3 heteroatoms. The smallest absolute Gasteiger partial charge is 0.407 e. The standard InChI is InChI=1S/C32H55NO2/c1-7-8-20-33-30(34)35-25-16-18-31(5)24(21-25)12-13-26-28-15-14-27(23(4)11-9-10-22(2)3)32(28,6)19-17-29(26)31/h12,22-23,25-29H,7-11,13-21H2,1-6H3,(H,33,34)/t23?,25-,26?,27?,28?,29?,31-,32+/m0/s1. The molecule has 4 rings (SSSR count). The Bertz CT molecular complexity index is 759. The number of nitrogens with one attached hydrogen (secondary N) is 1. The molecule has 0 aromatic heterocycles. The van der Waals surface area contributed by atoms with Crippen LogP contribution in [0.25, 0.3) is 0 Å². The first-order chi connectivity index (χ1) is 16.7. The van der Waals surface area contributed by atoms with Crippen molar-refractivity contribution in [1.82, 2.24) is 5.32 Å². The highest BCUT2D eigenvalue weighted by molar-refractivity contribution is 5.67. The van der Waals surface area contributed by atoms with E-state index in [1.54, 1.807) is 5.57 Å². The maximum atomic E-state index is 12.2. The first-order valence-electron chi connectivity index (χ1n) is 15.3. The Morgan fingerprint density at radius 3 is 2.60 bits per heavy atom. The minimum atomic E-state index is -0.214. The Morgan fingerprint density at radius 1 is 1.06 bits per heavy atom. The molecule has 0 radical (unpaired) electrons. The zero-order valence-corrected chi connectivity index (χ0v) is 23.8. The second kappa shape index (κ2) is 11.2. The summed E-state index contributed by atoms with van der Waals surface area (Å²) in [5, 5.41) is 2.94. The summed E-state index contributed by atoms with van der Waals surface area (Å²) in [6.45, 7) is 15.4. The van der Waals surface area contributed by atoms with Gasteiger partial charge in [-0.25, -0.2) is 4.79 Å². The van der Waals surface area contributed by atoms with E-state index in [9.17, 15) is 4.79 Å². The third-order valence-electron chi connectivity index (χ3n) is 11.3. The summed E-state index contributed by atoms with van der Waals surface area (Å²) >= 11 is 0. The van der Waals surface area contributed by atoms with Crippen LogP contribution < -0.4 is 5.32 Å². The molecular formula is C32H55NO2. The lowest BCUT2D eigenvalue weighted by Crippen LogP contribution is -2.51. The summed E-state index contributed by atoms with van der Waals surface area (Å²) in [7, 11) is 0. The van der Waals surface area contributed by atoms with Gasteiger partial charge in [-0.3, -0.25) is 0 Å². The van der Waals surface area contributed by atoms with Gasteiger partial charge in [0.15, 0.2) is 0 Å². The molecule has 3 saturated carbocycles. The van der Waals surface area contributed by atoms with E-state index in [0.717, 1.165) is 67.7 Å². The highest BCUT2D eigenvalue weighted by Crippen LogP contribution is 2.67. The molecule has 35 heavy (non-hydrogen) atoms. The van der Waals surface area contributed by atoms with Crippen molar-refractivity contribution in [3.8, 4) is 0 Å². The van der Waals surface area contributed by atoms with Gasteiger partial charge in [0, 0.05) is 13.0 Å². The molecule has 0 aromatic carbocycles. The van der Waals surface area contributed by atoms with E-state index in [1.807, 2.05) is 0 Å². The fraction of sp³-hybridized carbons (Fsp3) is 0.906. The molecule has 5 unspecified atom stereocenters. The predicted molar refractivity (Wildman–Crippen MR) is 146 cm³/mol. The first kappa shape index (κ1) is 27.1. The van der Waals surface area contributed by atoms with Gasteiger partial charge in [-0.1, -0.05) is 78.9 Å². The van der Waals surface area contributed by atoms with E-state index in [1.165, 1.54) is 57.8 Å². The van der Waals surface area contributed by atoms with E-state index >= 15 is 0 Å². The lowest BCUT2D eigenvalue weighted by Gasteiger charge is -2.58. The van der Waals surface area contributed by atoms with Gasteiger partial charge in [0.25, 0.3) is 0 Å². The van der Waals surface area contributed by atoms with Crippen molar-refractivity contribution >= 4 is 6.09 Å². The average molecular weight is 486 g/mol. The third-order valence-corrected chi connectivity index (χ3v) is 11.3. The Labute approximate surface area is 216 Å². The average Bonchev–Trinajstić information content (AvgIpc) is 3.16.